The molecule has 0 atom stereocenters. The number of rotatable bonds is 4. The maximum Gasteiger partial charge on any atom is 0.259 e. The summed E-state index contributed by atoms with van der Waals surface area (Å²) in [5.41, 5.74) is 3.31. The van der Waals surface area contributed by atoms with Crippen LogP contribution in [0.3, 0.4) is 0 Å². The monoisotopic (exact) mass is 465 g/mol. The molecule has 0 radical (unpaired) electrons. The van der Waals surface area contributed by atoms with E-state index >= 15 is 0 Å². The van der Waals surface area contributed by atoms with E-state index in [1.807, 2.05) is 38.1 Å². The lowest BCUT2D eigenvalue weighted by Gasteiger charge is -2.06. The van der Waals surface area contributed by atoms with Gasteiger partial charge in [-0.25, -0.2) is 4.98 Å². The summed E-state index contributed by atoms with van der Waals surface area (Å²) in [6.45, 7) is 5.46. The lowest BCUT2D eigenvalue weighted by atomic mass is 10.1. The van der Waals surface area contributed by atoms with Crippen LogP contribution in [0.5, 0.6) is 0 Å². The molecule has 0 bridgehead atoms. The zero-order valence-corrected chi connectivity index (χ0v) is 18.8. The summed E-state index contributed by atoms with van der Waals surface area (Å²) in [7, 11) is 0. The van der Waals surface area contributed by atoms with E-state index in [1.54, 1.807) is 19.1 Å². The van der Waals surface area contributed by atoms with Gasteiger partial charge in [-0.3, -0.25) is 10.1 Å². The number of halogens is 1. The Morgan fingerprint density at radius 2 is 1.91 bits per heavy atom. The number of carbonyl (C=O) groups is 1. The number of nitrogens with zero attached hydrogens (tertiary/aromatic N) is 4. The molecule has 0 aliphatic heterocycles. The lowest BCUT2D eigenvalue weighted by molar-refractivity contribution is 0.102. The molecule has 0 fully saturated rings. The normalized spacial score (nSPS) is 11.2. The van der Waals surface area contributed by atoms with Crippen molar-refractivity contribution in [3.05, 3.63) is 64.2 Å². The van der Waals surface area contributed by atoms with E-state index in [1.165, 1.54) is 11.3 Å². The first-order valence-electron chi connectivity index (χ1n) is 9.65. The zero-order chi connectivity index (χ0) is 22.4. The first kappa shape index (κ1) is 20.3. The van der Waals surface area contributed by atoms with Crippen molar-refractivity contribution in [2.24, 2.45) is 0 Å². The Hall–Kier alpha value is -3.56. The molecule has 5 rings (SSSR count). The van der Waals surface area contributed by atoms with Crippen molar-refractivity contribution < 1.29 is 13.7 Å². The molecule has 1 N–H and O–H groups in total. The molecule has 10 heteroatoms. The van der Waals surface area contributed by atoms with Crippen molar-refractivity contribution in [3.63, 3.8) is 0 Å². The number of nitrogens with one attached hydrogen (secondary N) is 1. The fraction of sp³-hybridized carbons (Fsp3) is 0.136. The summed E-state index contributed by atoms with van der Waals surface area (Å²) in [5, 5.41) is 17.1. The molecule has 4 aromatic heterocycles. The second kappa shape index (κ2) is 7.85. The molecule has 4 heterocycles. The predicted molar refractivity (Wildman–Crippen MR) is 122 cm³/mol. The largest absolute Gasteiger partial charge is 0.466 e. The molecule has 0 spiro atoms. The standard InChI is InChI=1S/C22H16ClN5O3S/c1-10-8-14(12(3)30-10)17-9-15(18-11(2)28-31-20(18)24-17)19(29)25-22-27-26-21(32-22)13-6-4-5-7-16(13)23/h4-9H,1-3H3,(H,25,27,29). The molecule has 8 nitrogen and oxygen atoms in total. The van der Waals surface area contributed by atoms with Crippen LogP contribution >= 0.6 is 22.9 Å². The number of anilines is 1. The highest BCUT2D eigenvalue weighted by Gasteiger charge is 2.22. The second-order valence-electron chi connectivity index (χ2n) is 7.18. The van der Waals surface area contributed by atoms with Gasteiger partial charge in [0.2, 0.25) is 5.13 Å². The van der Waals surface area contributed by atoms with Gasteiger partial charge in [-0.1, -0.05) is 46.3 Å². The van der Waals surface area contributed by atoms with Crippen molar-refractivity contribution in [2.75, 3.05) is 5.32 Å². The zero-order valence-electron chi connectivity index (χ0n) is 17.3. The first-order chi connectivity index (χ1) is 15.4. The third kappa shape index (κ3) is 3.55. The Balaban J connectivity index is 1.53. The van der Waals surface area contributed by atoms with Gasteiger partial charge in [0.15, 0.2) is 5.01 Å². The number of pyridine rings is 1. The minimum Gasteiger partial charge on any atom is -0.466 e. The van der Waals surface area contributed by atoms with E-state index < -0.39 is 0 Å². The van der Waals surface area contributed by atoms with Crippen molar-refractivity contribution in [2.45, 2.75) is 20.8 Å². The molecule has 160 valence electrons. The summed E-state index contributed by atoms with van der Waals surface area (Å²) in [4.78, 5) is 17.8. The predicted octanol–water partition coefficient (Wildman–Crippen LogP) is 5.83. The average molecular weight is 466 g/mol. The summed E-state index contributed by atoms with van der Waals surface area (Å²) in [6, 6.07) is 10.9. The second-order valence-corrected chi connectivity index (χ2v) is 8.56. The molecule has 32 heavy (non-hydrogen) atoms. The fourth-order valence-electron chi connectivity index (χ4n) is 3.48. The molecular weight excluding hydrogens is 450 g/mol. The van der Waals surface area contributed by atoms with Gasteiger partial charge in [0.25, 0.3) is 11.6 Å². The first-order valence-corrected chi connectivity index (χ1v) is 10.8. The minimum atomic E-state index is -0.371. The van der Waals surface area contributed by atoms with E-state index in [9.17, 15) is 4.79 Å². The van der Waals surface area contributed by atoms with E-state index in [4.69, 9.17) is 20.5 Å². The third-order valence-corrected chi connectivity index (χ3v) is 6.13. The molecule has 5 aromatic rings. The van der Waals surface area contributed by atoms with E-state index in [2.05, 4.69) is 25.7 Å². The van der Waals surface area contributed by atoms with Gasteiger partial charge in [0.05, 0.1) is 27.4 Å². The Morgan fingerprint density at radius 3 is 2.66 bits per heavy atom. The van der Waals surface area contributed by atoms with E-state index in [0.29, 0.717) is 43.3 Å². The van der Waals surface area contributed by atoms with Crippen LogP contribution in [-0.4, -0.2) is 26.2 Å². The van der Waals surface area contributed by atoms with E-state index in [0.717, 1.165) is 16.9 Å². The maximum atomic E-state index is 13.2. The quantitative estimate of drug-likeness (QED) is 0.355. The number of furan rings is 1. The van der Waals surface area contributed by atoms with Crippen LogP contribution in [0, 0.1) is 20.8 Å². The highest BCUT2D eigenvalue weighted by molar-refractivity contribution is 7.18. The van der Waals surface area contributed by atoms with Gasteiger partial charge in [0.1, 0.15) is 11.5 Å². The topological polar surface area (TPSA) is 107 Å². The molecule has 0 saturated heterocycles. The highest BCUT2D eigenvalue weighted by atomic mass is 35.5. The molecule has 0 saturated carbocycles. The fourth-order valence-corrected chi connectivity index (χ4v) is 4.54. The number of aromatic nitrogens is 4. The molecular formula is C22H16ClN5O3S. The molecule has 0 unspecified atom stereocenters. The highest BCUT2D eigenvalue weighted by Crippen LogP contribution is 2.33. The summed E-state index contributed by atoms with van der Waals surface area (Å²) >= 11 is 7.48. The van der Waals surface area contributed by atoms with Crippen molar-refractivity contribution in [3.8, 4) is 21.8 Å². The number of benzene rings is 1. The van der Waals surface area contributed by atoms with Crippen LogP contribution in [0.15, 0.2) is 45.3 Å². The van der Waals surface area contributed by atoms with Crippen molar-refractivity contribution in [1.29, 1.82) is 0 Å². The average Bonchev–Trinajstić information content (AvgIpc) is 3.47. The van der Waals surface area contributed by atoms with Gasteiger partial charge in [-0.05, 0) is 39.0 Å². The maximum absolute atomic E-state index is 13.2. The van der Waals surface area contributed by atoms with Crippen molar-refractivity contribution in [1.82, 2.24) is 20.3 Å². The number of amides is 1. The van der Waals surface area contributed by atoms with Crippen LogP contribution in [0.2, 0.25) is 5.02 Å². The smallest absolute Gasteiger partial charge is 0.259 e. The Morgan fingerprint density at radius 1 is 1.09 bits per heavy atom. The summed E-state index contributed by atoms with van der Waals surface area (Å²) < 4.78 is 11.0. The molecule has 0 aliphatic rings. The Labute approximate surface area is 191 Å². The number of aryl methyl sites for hydroxylation is 3. The van der Waals surface area contributed by atoms with Crippen molar-refractivity contribution >= 4 is 45.1 Å². The van der Waals surface area contributed by atoms with Crippen LogP contribution in [0.4, 0.5) is 5.13 Å². The van der Waals surface area contributed by atoms with Gasteiger partial charge in [-0.2, -0.15) is 0 Å². The SMILES string of the molecule is Cc1cc(-c2cc(C(=O)Nc3nnc(-c4ccccc4Cl)s3)c3c(C)noc3n2)c(C)o1. The third-order valence-electron chi connectivity index (χ3n) is 4.93. The van der Waals surface area contributed by atoms with Gasteiger partial charge < -0.3 is 8.94 Å². The van der Waals surface area contributed by atoms with Gasteiger partial charge >= 0.3 is 0 Å². The van der Waals surface area contributed by atoms with Crippen LogP contribution < -0.4 is 5.32 Å². The number of fused-ring (bicyclic) bond motifs is 1. The molecule has 0 aliphatic carbocycles. The summed E-state index contributed by atoms with van der Waals surface area (Å²) in [6.07, 6.45) is 0. The minimum absolute atomic E-state index is 0.275. The van der Waals surface area contributed by atoms with Crippen LogP contribution in [-0.2, 0) is 0 Å². The molecule has 1 aromatic carbocycles. The number of carbonyl (C=O) groups excluding carboxylic acids is 1. The number of hydrogen-bond acceptors (Lipinski definition) is 8. The Kier molecular flexibility index (Phi) is 4.99. The summed E-state index contributed by atoms with van der Waals surface area (Å²) in [5.74, 6) is 1.08. The van der Waals surface area contributed by atoms with Gasteiger partial charge in [0, 0.05) is 11.1 Å². The van der Waals surface area contributed by atoms with Crippen LogP contribution in [0.1, 0.15) is 27.6 Å². The van der Waals surface area contributed by atoms with Gasteiger partial charge in [-0.15, -0.1) is 10.2 Å². The Bertz CT molecular complexity index is 1490. The van der Waals surface area contributed by atoms with E-state index in [-0.39, 0.29) is 11.6 Å². The number of hydrogen-bond donors (Lipinski definition) is 1. The van der Waals surface area contributed by atoms with Crippen LogP contribution in [0.25, 0.3) is 32.9 Å². The molecule has 1 amide bonds. The lowest BCUT2D eigenvalue weighted by Crippen LogP contribution is -2.13.